The van der Waals surface area contributed by atoms with Crippen molar-refractivity contribution >= 4 is 21.4 Å². The van der Waals surface area contributed by atoms with E-state index < -0.39 is 9.84 Å². The van der Waals surface area contributed by atoms with Gasteiger partial charge in [-0.15, -0.1) is 0 Å². The fourth-order valence-electron chi connectivity index (χ4n) is 4.66. The van der Waals surface area contributed by atoms with Crippen molar-refractivity contribution in [2.75, 3.05) is 43.0 Å². The van der Waals surface area contributed by atoms with Crippen molar-refractivity contribution in [2.45, 2.75) is 32.4 Å². The molecule has 4 rings (SSSR count). The summed E-state index contributed by atoms with van der Waals surface area (Å²) in [4.78, 5) is 18.0. The molecule has 0 saturated carbocycles. The number of sulfone groups is 1. The van der Waals surface area contributed by atoms with Crippen LogP contribution in [0.15, 0.2) is 48.5 Å². The Hall–Kier alpha value is -2.22. The monoisotopic (exact) mass is 441 g/mol. The van der Waals surface area contributed by atoms with Crippen molar-refractivity contribution in [3.8, 4) is 0 Å². The van der Waals surface area contributed by atoms with Crippen molar-refractivity contribution in [1.82, 2.24) is 9.80 Å². The Morgan fingerprint density at radius 3 is 2.39 bits per heavy atom. The molecule has 166 valence electrons. The van der Waals surface area contributed by atoms with Crippen LogP contribution in [0.5, 0.6) is 0 Å². The van der Waals surface area contributed by atoms with Crippen LogP contribution in [0.1, 0.15) is 29.2 Å². The van der Waals surface area contributed by atoms with E-state index in [1.807, 2.05) is 62.4 Å². The fourth-order valence-corrected chi connectivity index (χ4v) is 6.42. The number of aryl methyl sites for hydroxylation is 2. The summed E-state index contributed by atoms with van der Waals surface area (Å²) in [6.07, 6.45) is 0.720. The van der Waals surface area contributed by atoms with Crippen molar-refractivity contribution in [3.05, 3.63) is 65.2 Å². The number of anilines is 1. The molecule has 2 unspecified atom stereocenters. The number of carbonyl (C=O) groups excluding carboxylic acids is 1. The van der Waals surface area contributed by atoms with Gasteiger partial charge in [-0.1, -0.05) is 42.5 Å². The maximum Gasteiger partial charge on any atom is 0.246 e. The molecule has 2 fully saturated rings. The molecule has 2 aliphatic rings. The van der Waals surface area contributed by atoms with Crippen LogP contribution >= 0.6 is 0 Å². The van der Waals surface area contributed by atoms with E-state index in [9.17, 15) is 13.2 Å². The zero-order valence-electron chi connectivity index (χ0n) is 18.3. The fraction of sp³-hybridized carbons (Fsp3) is 0.458. The molecule has 1 amide bonds. The molecule has 0 spiro atoms. The Kier molecular flexibility index (Phi) is 6.46. The molecule has 0 radical (unpaired) electrons. The molecule has 2 atom stereocenters. The lowest BCUT2D eigenvalue weighted by Gasteiger charge is -2.40. The number of carbonyl (C=O) groups is 1. The predicted molar refractivity (Wildman–Crippen MR) is 124 cm³/mol. The van der Waals surface area contributed by atoms with E-state index >= 15 is 0 Å². The normalized spacial score (nSPS) is 22.8. The molecule has 7 heteroatoms. The smallest absolute Gasteiger partial charge is 0.246 e. The van der Waals surface area contributed by atoms with E-state index in [0.29, 0.717) is 5.75 Å². The number of hydrogen-bond donors (Lipinski definition) is 1. The van der Waals surface area contributed by atoms with Gasteiger partial charge in [0.1, 0.15) is 6.04 Å². The topological polar surface area (TPSA) is 69.7 Å². The first-order valence-electron chi connectivity index (χ1n) is 10.9. The van der Waals surface area contributed by atoms with Gasteiger partial charge in [-0.05, 0) is 43.0 Å². The predicted octanol–water partition coefficient (Wildman–Crippen LogP) is 2.79. The van der Waals surface area contributed by atoms with Gasteiger partial charge in [0, 0.05) is 37.9 Å². The third-order valence-electron chi connectivity index (χ3n) is 6.45. The summed E-state index contributed by atoms with van der Waals surface area (Å²) in [7, 11) is -2.89. The molecule has 6 nitrogen and oxygen atoms in total. The van der Waals surface area contributed by atoms with Gasteiger partial charge in [-0.3, -0.25) is 14.6 Å². The average Bonchev–Trinajstić information content (AvgIpc) is 3.12. The summed E-state index contributed by atoms with van der Waals surface area (Å²) in [6.45, 7) is 7.04. The molecule has 2 heterocycles. The minimum absolute atomic E-state index is 0.0307. The first-order valence-corrected chi connectivity index (χ1v) is 12.8. The van der Waals surface area contributed by atoms with E-state index in [0.717, 1.165) is 55.0 Å². The standard InChI is InChI=1S/C24H31N3O3S/c1-18-8-9-19(2)22(16-18)25-24(28)23(20-6-4-3-5-7-20)27-13-11-26(12-14-27)21-10-15-31(29,30)17-21/h3-9,16,21,23H,10-15,17H2,1-2H3,(H,25,28). The Morgan fingerprint density at radius 2 is 1.74 bits per heavy atom. The number of nitrogens with zero attached hydrogens (tertiary/aromatic N) is 2. The van der Waals surface area contributed by atoms with Crippen molar-refractivity contribution < 1.29 is 13.2 Å². The molecule has 2 aliphatic heterocycles. The van der Waals surface area contributed by atoms with Crippen LogP contribution in [0.25, 0.3) is 0 Å². The number of benzene rings is 2. The summed E-state index contributed by atoms with van der Waals surface area (Å²) in [6, 6.07) is 15.7. The number of amides is 1. The molecule has 2 saturated heterocycles. The van der Waals surface area contributed by atoms with Crippen LogP contribution in [0.2, 0.25) is 0 Å². The van der Waals surface area contributed by atoms with Gasteiger partial charge < -0.3 is 5.32 Å². The highest BCUT2D eigenvalue weighted by Crippen LogP contribution is 2.27. The van der Waals surface area contributed by atoms with E-state index in [1.165, 1.54) is 0 Å². The largest absolute Gasteiger partial charge is 0.324 e. The van der Waals surface area contributed by atoms with Gasteiger partial charge in [0.2, 0.25) is 5.91 Å². The van der Waals surface area contributed by atoms with Gasteiger partial charge in [0.25, 0.3) is 0 Å². The van der Waals surface area contributed by atoms with Gasteiger partial charge in [0.15, 0.2) is 9.84 Å². The Morgan fingerprint density at radius 1 is 1.03 bits per heavy atom. The first-order chi connectivity index (χ1) is 14.8. The SMILES string of the molecule is Cc1ccc(C)c(NC(=O)C(c2ccccc2)N2CCN(C3CCS(=O)(=O)C3)CC2)c1. The van der Waals surface area contributed by atoms with Crippen molar-refractivity contribution in [1.29, 1.82) is 0 Å². The number of piperazine rings is 1. The Bertz CT molecular complexity index is 1030. The highest BCUT2D eigenvalue weighted by molar-refractivity contribution is 7.91. The summed E-state index contributed by atoms with van der Waals surface area (Å²) in [5, 5.41) is 3.15. The summed E-state index contributed by atoms with van der Waals surface area (Å²) < 4.78 is 23.7. The lowest BCUT2D eigenvalue weighted by Crippen LogP contribution is -2.53. The second kappa shape index (κ2) is 9.10. The van der Waals surface area contributed by atoms with Crippen LogP contribution in [0, 0.1) is 13.8 Å². The summed E-state index contributed by atoms with van der Waals surface area (Å²) in [5.74, 6) is 0.530. The van der Waals surface area contributed by atoms with Crippen LogP contribution in [-0.4, -0.2) is 67.9 Å². The van der Waals surface area contributed by atoms with Gasteiger partial charge >= 0.3 is 0 Å². The average molecular weight is 442 g/mol. The van der Waals surface area contributed by atoms with Crippen LogP contribution in [0.4, 0.5) is 5.69 Å². The molecule has 31 heavy (non-hydrogen) atoms. The number of nitrogens with one attached hydrogen (secondary N) is 1. The highest BCUT2D eigenvalue weighted by atomic mass is 32.2. The summed E-state index contributed by atoms with van der Waals surface area (Å²) >= 11 is 0. The van der Waals surface area contributed by atoms with Crippen molar-refractivity contribution in [2.24, 2.45) is 0 Å². The zero-order valence-corrected chi connectivity index (χ0v) is 19.1. The molecule has 0 bridgehead atoms. The van der Waals surface area contributed by atoms with Gasteiger partial charge in [-0.25, -0.2) is 8.42 Å². The Labute approximate surface area is 185 Å². The maximum atomic E-state index is 13.5. The van der Waals surface area contributed by atoms with Crippen LogP contribution in [0.3, 0.4) is 0 Å². The minimum Gasteiger partial charge on any atom is -0.324 e. The van der Waals surface area contributed by atoms with Crippen LogP contribution < -0.4 is 5.32 Å². The van der Waals surface area contributed by atoms with E-state index in [4.69, 9.17) is 0 Å². The highest BCUT2D eigenvalue weighted by Gasteiger charge is 2.36. The first kappa shape index (κ1) is 22.0. The molecule has 1 N–H and O–H groups in total. The van der Waals surface area contributed by atoms with E-state index in [1.54, 1.807) is 0 Å². The van der Waals surface area contributed by atoms with E-state index in [-0.39, 0.29) is 23.7 Å². The molecule has 0 aromatic heterocycles. The quantitative estimate of drug-likeness (QED) is 0.773. The third-order valence-corrected chi connectivity index (χ3v) is 8.20. The Balaban J connectivity index is 1.50. The molecule has 0 aliphatic carbocycles. The molecule has 2 aromatic carbocycles. The van der Waals surface area contributed by atoms with Gasteiger partial charge in [-0.2, -0.15) is 0 Å². The second-order valence-electron chi connectivity index (χ2n) is 8.75. The molecular weight excluding hydrogens is 410 g/mol. The number of rotatable bonds is 5. The lowest BCUT2D eigenvalue weighted by atomic mass is 10.0. The minimum atomic E-state index is -2.89. The second-order valence-corrected chi connectivity index (χ2v) is 11.0. The summed E-state index contributed by atoms with van der Waals surface area (Å²) in [5.41, 5.74) is 3.97. The third kappa shape index (κ3) is 5.17. The van der Waals surface area contributed by atoms with Crippen LogP contribution in [-0.2, 0) is 14.6 Å². The molecular formula is C24H31N3O3S. The van der Waals surface area contributed by atoms with Gasteiger partial charge in [0.05, 0.1) is 11.5 Å². The lowest BCUT2D eigenvalue weighted by molar-refractivity contribution is -0.122. The van der Waals surface area contributed by atoms with Crippen molar-refractivity contribution in [3.63, 3.8) is 0 Å². The number of hydrogen-bond acceptors (Lipinski definition) is 5. The molecule has 2 aromatic rings. The van der Waals surface area contributed by atoms with E-state index in [2.05, 4.69) is 15.1 Å². The zero-order chi connectivity index (χ0) is 22.0. The maximum absolute atomic E-state index is 13.5.